The zero-order chi connectivity index (χ0) is 13.4. The summed E-state index contributed by atoms with van der Waals surface area (Å²) in [5, 5.41) is 9.78. The van der Waals surface area contributed by atoms with Crippen LogP contribution in [-0.4, -0.2) is 46.8 Å². The lowest BCUT2D eigenvalue weighted by atomic mass is 9.91. The van der Waals surface area contributed by atoms with Crippen molar-refractivity contribution in [1.82, 2.24) is 20.5 Å². The molecule has 3 N–H and O–H groups in total. The Balaban J connectivity index is 1.54. The molecule has 0 spiro atoms. The van der Waals surface area contributed by atoms with Crippen LogP contribution in [0.2, 0.25) is 0 Å². The standard InChI is InChI=1S/C12H19N5O2/c1-17-8-2-3-9(17)5-7(4-8)6-14-12(18)10-11(13)16-19-15-10/h7-9H,2-6H2,1H3,(H2,13,16)(H,14,18). The molecule has 2 atom stereocenters. The molecule has 1 aromatic heterocycles. The normalized spacial score (nSPS) is 30.5. The van der Waals surface area contributed by atoms with E-state index in [1.807, 2.05) is 0 Å². The summed E-state index contributed by atoms with van der Waals surface area (Å²) in [7, 11) is 2.21. The number of fused-ring (bicyclic) bond motifs is 2. The summed E-state index contributed by atoms with van der Waals surface area (Å²) >= 11 is 0. The van der Waals surface area contributed by atoms with Crippen LogP contribution >= 0.6 is 0 Å². The molecular weight excluding hydrogens is 246 g/mol. The van der Waals surface area contributed by atoms with Gasteiger partial charge >= 0.3 is 0 Å². The topological polar surface area (TPSA) is 97.3 Å². The minimum absolute atomic E-state index is 0.0425. The summed E-state index contributed by atoms with van der Waals surface area (Å²) in [6.45, 7) is 0.673. The summed E-state index contributed by atoms with van der Waals surface area (Å²) in [4.78, 5) is 14.3. The number of hydrogen-bond donors (Lipinski definition) is 2. The van der Waals surface area contributed by atoms with Gasteiger partial charge in [0.1, 0.15) is 0 Å². The molecule has 0 aliphatic carbocycles. The third-order valence-electron chi connectivity index (χ3n) is 4.48. The van der Waals surface area contributed by atoms with Crippen LogP contribution in [0.3, 0.4) is 0 Å². The molecule has 3 heterocycles. The van der Waals surface area contributed by atoms with Crippen molar-refractivity contribution in [2.75, 3.05) is 19.3 Å². The highest BCUT2D eigenvalue weighted by Crippen LogP contribution is 2.36. The van der Waals surface area contributed by atoms with E-state index in [0.29, 0.717) is 24.5 Å². The molecule has 1 aromatic rings. The Labute approximate surface area is 111 Å². The zero-order valence-electron chi connectivity index (χ0n) is 11.0. The predicted molar refractivity (Wildman–Crippen MR) is 68.3 cm³/mol. The highest BCUT2D eigenvalue weighted by Gasteiger charge is 2.38. The quantitative estimate of drug-likeness (QED) is 0.813. The predicted octanol–water partition coefficient (Wildman–Crippen LogP) is 0.254. The fourth-order valence-electron chi connectivity index (χ4n) is 3.36. The Hall–Kier alpha value is -1.63. The number of piperidine rings is 1. The fourth-order valence-corrected chi connectivity index (χ4v) is 3.36. The second-order valence-corrected chi connectivity index (χ2v) is 5.60. The summed E-state index contributed by atoms with van der Waals surface area (Å²) in [5.41, 5.74) is 5.57. The smallest absolute Gasteiger partial charge is 0.277 e. The molecule has 3 rings (SSSR count). The molecule has 7 heteroatoms. The van der Waals surface area contributed by atoms with Crippen LogP contribution in [0.25, 0.3) is 0 Å². The molecule has 0 radical (unpaired) electrons. The lowest BCUT2D eigenvalue weighted by Crippen LogP contribution is -2.43. The number of hydrogen-bond acceptors (Lipinski definition) is 6. The Morgan fingerprint density at radius 1 is 1.42 bits per heavy atom. The fraction of sp³-hybridized carbons (Fsp3) is 0.750. The summed E-state index contributed by atoms with van der Waals surface area (Å²) in [6, 6.07) is 1.36. The highest BCUT2D eigenvalue weighted by atomic mass is 16.6. The van der Waals surface area contributed by atoms with Crippen LogP contribution in [0.1, 0.15) is 36.2 Å². The Bertz CT molecular complexity index is 460. The number of nitrogens with two attached hydrogens (primary N) is 1. The molecule has 2 aliphatic heterocycles. The van der Waals surface area contributed by atoms with Gasteiger partial charge in [-0.25, -0.2) is 4.63 Å². The Kier molecular flexibility index (Phi) is 3.14. The zero-order valence-corrected chi connectivity index (χ0v) is 11.0. The Morgan fingerprint density at radius 3 is 2.68 bits per heavy atom. The van der Waals surface area contributed by atoms with Crippen molar-refractivity contribution >= 4 is 11.7 Å². The summed E-state index contributed by atoms with van der Waals surface area (Å²) < 4.78 is 4.42. The van der Waals surface area contributed by atoms with Gasteiger partial charge < -0.3 is 16.0 Å². The lowest BCUT2D eigenvalue weighted by molar-refractivity contribution is 0.0908. The first-order valence-electron chi connectivity index (χ1n) is 6.73. The molecule has 2 fully saturated rings. The maximum atomic E-state index is 11.8. The highest BCUT2D eigenvalue weighted by molar-refractivity contribution is 5.95. The number of carbonyl (C=O) groups excluding carboxylic acids is 1. The van der Waals surface area contributed by atoms with E-state index in [0.717, 1.165) is 12.8 Å². The maximum absolute atomic E-state index is 11.8. The minimum Gasteiger partial charge on any atom is -0.379 e. The van der Waals surface area contributed by atoms with Gasteiger partial charge in [-0.2, -0.15) is 0 Å². The van der Waals surface area contributed by atoms with Crippen molar-refractivity contribution in [2.24, 2.45) is 5.92 Å². The van der Waals surface area contributed by atoms with Crippen LogP contribution in [0, 0.1) is 5.92 Å². The third kappa shape index (κ3) is 2.30. The van der Waals surface area contributed by atoms with Gasteiger partial charge in [0.15, 0.2) is 0 Å². The SMILES string of the molecule is CN1C2CCC1CC(CNC(=O)c1nonc1N)C2. The third-order valence-corrected chi connectivity index (χ3v) is 4.48. The number of nitrogen functional groups attached to an aromatic ring is 1. The number of nitrogens with one attached hydrogen (secondary N) is 1. The number of rotatable bonds is 3. The van der Waals surface area contributed by atoms with Crippen molar-refractivity contribution in [1.29, 1.82) is 0 Å². The summed E-state index contributed by atoms with van der Waals surface area (Å²) in [5.74, 6) is 0.282. The van der Waals surface area contributed by atoms with Crippen LogP contribution in [0.5, 0.6) is 0 Å². The number of anilines is 1. The molecule has 0 saturated carbocycles. The molecule has 2 saturated heterocycles. The number of amides is 1. The molecule has 0 aromatic carbocycles. The van der Waals surface area contributed by atoms with Gasteiger partial charge in [-0.15, -0.1) is 0 Å². The number of aromatic nitrogens is 2. The van der Waals surface area contributed by atoms with E-state index in [4.69, 9.17) is 5.73 Å². The largest absolute Gasteiger partial charge is 0.379 e. The maximum Gasteiger partial charge on any atom is 0.277 e. The lowest BCUT2D eigenvalue weighted by Gasteiger charge is -2.36. The van der Waals surface area contributed by atoms with Crippen molar-refractivity contribution in [2.45, 2.75) is 37.8 Å². The first-order chi connectivity index (χ1) is 9.15. The van der Waals surface area contributed by atoms with Gasteiger partial charge in [0.25, 0.3) is 5.91 Å². The second kappa shape index (κ2) is 4.80. The number of carbonyl (C=O) groups is 1. The molecule has 1 amide bonds. The first kappa shape index (κ1) is 12.4. The molecule has 2 bridgehead atoms. The average molecular weight is 265 g/mol. The molecule has 7 nitrogen and oxygen atoms in total. The molecule has 2 unspecified atom stereocenters. The van der Waals surface area contributed by atoms with Crippen molar-refractivity contribution < 1.29 is 9.42 Å². The molecule has 104 valence electrons. The van der Waals surface area contributed by atoms with E-state index in [1.165, 1.54) is 12.8 Å². The minimum atomic E-state index is -0.301. The van der Waals surface area contributed by atoms with Crippen LogP contribution < -0.4 is 11.1 Å². The van der Waals surface area contributed by atoms with Crippen LogP contribution in [0.15, 0.2) is 4.63 Å². The van der Waals surface area contributed by atoms with E-state index >= 15 is 0 Å². The van der Waals surface area contributed by atoms with Crippen LogP contribution in [-0.2, 0) is 0 Å². The van der Waals surface area contributed by atoms with Gasteiger partial charge in [-0.1, -0.05) is 0 Å². The molecule has 19 heavy (non-hydrogen) atoms. The van der Waals surface area contributed by atoms with E-state index in [2.05, 4.69) is 32.2 Å². The first-order valence-corrected chi connectivity index (χ1v) is 6.73. The van der Waals surface area contributed by atoms with Gasteiger partial charge in [0, 0.05) is 18.6 Å². The Morgan fingerprint density at radius 2 is 2.11 bits per heavy atom. The van der Waals surface area contributed by atoms with Crippen molar-refractivity contribution in [3.63, 3.8) is 0 Å². The monoisotopic (exact) mass is 265 g/mol. The van der Waals surface area contributed by atoms with E-state index in [9.17, 15) is 4.79 Å². The molecule has 2 aliphatic rings. The van der Waals surface area contributed by atoms with Gasteiger partial charge in [-0.3, -0.25) is 4.79 Å². The summed E-state index contributed by atoms with van der Waals surface area (Å²) in [6.07, 6.45) is 4.87. The van der Waals surface area contributed by atoms with E-state index < -0.39 is 0 Å². The molecular formula is C12H19N5O2. The van der Waals surface area contributed by atoms with Crippen molar-refractivity contribution in [3.05, 3.63) is 5.69 Å². The van der Waals surface area contributed by atoms with Gasteiger partial charge in [0.05, 0.1) is 0 Å². The van der Waals surface area contributed by atoms with E-state index in [1.54, 1.807) is 0 Å². The van der Waals surface area contributed by atoms with Crippen molar-refractivity contribution in [3.8, 4) is 0 Å². The van der Waals surface area contributed by atoms with Gasteiger partial charge in [0.2, 0.25) is 11.5 Å². The average Bonchev–Trinajstić information content (AvgIpc) is 2.87. The van der Waals surface area contributed by atoms with E-state index in [-0.39, 0.29) is 17.4 Å². The second-order valence-electron chi connectivity index (χ2n) is 5.60. The number of nitrogens with zero attached hydrogens (tertiary/aromatic N) is 3. The van der Waals surface area contributed by atoms with Gasteiger partial charge in [-0.05, 0) is 49.0 Å². The van der Waals surface area contributed by atoms with Crippen LogP contribution in [0.4, 0.5) is 5.82 Å².